The molecule has 0 aromatic heterocycles. The van der Waals surface area contributed by atoms with Crippen LogP contribution in [-0.2, 0) is 6.42 Å². The Morgan fingerprint density at radius 2 is 2.00 bits per heavy atom. The molecular formula is C11H16N2. The molecule has 2 nitrogen and oxygen atoms in total. The fraction of sp³-hybridized carbons (Fsp3) is 0.364. The molecule has 1 aromatic carbocycles. The lowest BCUT2D eigenvalue weighted by Gasteiger charge is -2.06. The third kappa shape index (κ3) is 3.74. The zero-order valence-electron chi connectivity index (χ0n) is 8.20. The lowest BCUT2D eigenvalue weighted by molar-refractivity contribution is 0.738. The Hall–Kier alpha value is -1.31. The maximum Gasteiger partial charge on any atom is 0.0909 e. The van der Waals surface area contributed by atoms with Gasteiger partial charge in [-0.2, -0.15) is 0 Å². The average molecular weight is 176 g/mol. The summed E-state index contributed by atoms with van der Waals surface area (Å²) in [6.45, 7) is 3.89. The first-order valence-corrected chi connectivity index (χ1v) is 4.52. The lowest BCUT2D eigenvalue weighted by Crippen LogP contribution is -2.12. The van der Waals surface area contributed by atoms with Gasteiger partial charge >= 0.3 is 0 Å². The van der Waals surface area contributed by atoms with Gasteiger partial charge < -0.3 is 5.73 Å². The first kappa shape index (κ1) is 9.78. The van der Waals surface area contributed by atoms with E-state index in [0.717, 1.165) is 6.42 Å². The molecule has 13 heavy (non-hydrogen) atoms. The molecule has 0 aliphatic carbocycles. The van der Waals surface area contributed by atoms with E-state index in [1.165, 1.54) is 5.56 Å². The van der Waals surface area contributed by atoms with Crippen LogP contribution in [0, 0.1) is 0 Å². The average Bonchev–Trinajstić information content (AvgIpc) is 2.04. The monoisotopic (exact) mass is 176 g/mol. The summed E-state index contributed by atoms with van der Waals surface area (Å²) in [4.78, 5) is 4.27. The van der Waals surface area contributed by atoms with Gasteiger partial charge in [0, 0.05) is 0 Å². The molecule has 1 unspecified atom stereocenters. The van der Waals surface area contributed by atoms with Gasteiger partial charge in [-0.05, 0) is 25.8 Å². The van der Waals surface area contributed by atoms with E-state index in [2.05, 4.69) is 24.0 Å². The van der Waals surface area contributed by atoms with Crippen LogP contribution >= 0.6 is 0 Å². The Kier molecular flexibility index (Phi) is 3.50. The summed E-state index contributed by atoms with van der Waals surface area (Å²) < 4.78 is 0. The number of aliphatic imine (C=N–C) groups is 1. The van der Waals surface area contributed by atoms with Crippen molar-refractivity contribution in [2.24, 2.45) is 10.7 Å². The van der Waals surface area contributed by atoms with Crippen molar-refractivity contribution in [2.45, 2.75) is 26.3 Å². The van der Waals surface area contributed by atoms with Gasteiger partial charge in [0.2, 0.25) is 0 Å². The normalized spacial score (nSPS) is 14.2. The van der Waals surface area contributed by atoms with Crippen LogP contribution in [0.15, 0.2) is 35.3 Å². The molecule has 0 radical (unpaired) electrons. The second kappa shape index (κ2) is 4.65. The Morgan fingerprint density at radius 1 is 1.38 bits per heavy atom. The van der Waals surface area contributed by atoms with Gasteiger partial charge in [-0.1, -0.05) is 30.3 Å². The van der Waals surface area contributed by atoms with Crippen LogP contribution in [-0.4, -0.2) is 11.9 Å². The minimum absolute atomic E-state index is 0.271. The molecule has 0 amide bonds. The zero-order valence-corrected chi connectivity index (χ0v) is 8.20. The maximum atomic E-state index is 5.50. The van der Waals surface area contributed by atoms with E-state index in [4.69, 9.17) is 5.73 Å². The minimum atomic E-state index is 0.271. The fourth-order valence-corrected chi connectivity index (χ4v) is 1.35. The van der Waals surface area contributed by atoms with Crippen molar-refractivity contribution in [3.8, 4) is 0 Å². The number of nitrogens with two attached hydrogens (primary N) is 1. The molecule has 0 saturated heterocycles. The van der Waals surface area contributed by atoms with Gasteiger partial charge in [-0.15, -0.1) is 0 Å². The Bertz CT molecular complexity index is 273. The van der Waals surface area contributed by atoms with Crippen LogP contribution in [0.5, 0.6) is 0 Å². The fourth-order valence-electron chi connectivity index (χ4n) is 1.35. The van der Waals surface area contributed by atoms with E-state index >= 15 is 0 Å². The number of rotatable bonds is 3. The summed E-state index contributed by atoms with van der Waals surface area (Å²) >= 11 is 0. The number of hydrogen-bond donors (Lipinski definition) is 1. The molecule has 70 valence electrons. The van der Waals surface area contributed by atoms with Crippen molar-refractivity contribution in [1.29, 1.82) is 0 Å². The molecule has 0 saturated carbocycles. The van der Waals surface area contributed by atoms with Gasteiger partial charge in [0.05, 0.1) is 11.9 Å². The Balaban J connectivity index is 2.55. The van der Waals surface area contributed by atoms with Gasteiger partial charge in [0.1, 0.15) is 0 Å². The summed E-state index contributed by atoms with van der Waals surface area (Å²) in [6.07, 6.45) is 0.954. The van der Waals surface area contributed by atoms with Crippen LogP contribution in [0.25, 0.3) is 0 Å². The van der Waals surface area contributed by atoms with Crippen LogP contribution in [0.3, 0.4) is 0 Å². The molecule has 0 aliphatic heterocycles. The molecule has 1 atom stereocenters. The van der Waals surface area contributed by atoms with E-state index in [0.29, 0.717) is 5.84 Å². The summed E-state index contributed by atoms with van der Waals surface area (Å²) in [5.74, 6) is 0.656. The first-order chi connectivity index (χ1) is 6.18. The summed E-state index contributed by atoms with van der Waals surface area (Å²) in [5.41, 5.74) is 6.80. The third-order valence-electron chi connectivity index (χ3n) is 1.80. The van der Waals surface area contributed by atoms with Crippen molar-refractivity contribution in [1.82, 2.24) is 0 Å². The lowest BCUT2D eigenvalue weighted by atomic mass is 10.1. The van der Waals surface area contributed by atoms with Crippen molar-refractivity contribution in [3.63, 3.8) is 0 Å². The number of amidine groups is 1. The highest BCUT2D eigenvalue weighted by molar-refractivity contribution is 5.77. The van der Waals surface area contributed by atoms with Crippen molar-refractivity contribution in [2.75, 3.05) is 0 Å². The smallest absolute Gasteiger partial charge is 0.0909 e. The predicted molar refractivity (Wildman–Crippen MR) is 56.9 cm³/mol. The summed E-state index contributed by atoms with van der Waals surface area (Å²) in [7, 11) is 0. The minimum Gasteiger partial charge on any atom is -0.388 e. The molecule has 0 aliphatic rings. The van der Waals surface area contributed by atoms with Crippen LogP contribution in [0.4, 0.5) is 0 Å². The number of benzene rings is 1. The standard InChI is InChI=1S/C11H16N2/c1-9(13-10(2)12)8-11-6-4-3-5-7-11/h3-7,9H,8H2,1-2H3,(H2,12,13). The molecule has 0 fully saturated rings. The topological polar surface area (TPSA) is 38.4 Å². The maximum absolute atomic E-state index is 5.50. The van der Waals surface area contributed by atoms with Crippen LogP contribution in [0.2, 0.25) is 0 Å². The second-order valence-corrected chi connectivity index (χ2v) is 3.31. The number of nitrogens with zero attached hydrogens (tertiary/aromatic N) is 1. The predicted octanol–water partition coefficient (Wildman–Crippen LogP) is 1.99. The van der Waals surface area contributed by atoms with E-state index in [-0.39, 0.29) is 6.04 Å². The van der Waals surface area contributed by atoms with Gasteiger partial charge in [0.15, 0.2) is 0 Å². The van der Waals surface area contributed by atoms with Gasteiger partial charge in [0.25, 0.3) is 0 Å². The molecule has 2 N–H and O–H groups in total. The zero-order chi connectivity index (χ0) is 9.68. The van der Waals surface area contributed by atoms with Crippen LogP contribution < -0.4 is 5.73 Å². The van der Waals surface area contributed by atoms with Crippen molar-refractivity contribution < 1.29 is 0 Å². The Morgan fingerprint density at radius 3 is 2.54 bits per heavy atom. The first-order valence-electron chi connectivity index (χ1n) is 4.52. The van der Waals surface area contributed by atoms with E-state index in [9.17, 15) is 0 Å². The largest absolute Gasteiger partial charge is 0.388 e. The highest BCUT2D eigenvalue weighted by Gasteiger charge is 1.99. The van der Waals surface area contributed by atoms with E-state index < -0.39 is 0 Å². The summed E-state index contributed by atoms with van der Waals surface area (Å²) in [6, 6.07) is 10.6. The van der Waals surface area contributed by atoms with Gasteiger partial charge in [-0.3, -0.25) is 4.99 Å². The highest BCUT2D eigenvalue weighted by Crippen LogP contribution is 2.04. The molecule has 0 bridgehead atoms. The molecule has 1 aromatic rings. The Labute approximate surface area is 79.5 Å². The molecular weight excluding hydrogens is 160 g/mol. The molecule has 0 spiro atoms. The third-order valence-corrected chi connectivity index (χ3v) is 1.80. The molecule has 0 heterocycles. The molecule has 1 rings (SSSR count). The van der Waals surface area contributed by atoms with Gasteiger partial charge in [-0.25, -0.2) is 0 Å². The second-order valence-electron chi connectivity index (χ2n) is 3.31. The molecule has 2 heteroatoms. The number of hydrogen-bond acceptors (Lipinski definition) is 1. The SMILES string of the molecule is CC(N)=NC(C)Cc1ccccc1. The van der Waals surface area contributed by atoms with E-state index in [1.54, 1.807) is 0 Å². The van der Waals surface area contributed by atoms with E-state index in [1.807, 2.05) is 25.1 Å². The quantitative estimate of drug-likeness (QED) is 0.555. The highest BCUT2D eigenvalue weighted by atomic mass is 14.9. The van der Waals surface area contributed by atoms with Crippen LogP contribution in [0.1, 0.15) is 19.4 Å². The van der Waals surface area contributed by atoms with Crippen molar-refractivity contribution >= 4 is 5.84 Å². The van der Waals surface area contributed by atoms with Crippen molar-refractivity contribution in [3.05, 3.63) is 35.9 Å². The summed E-state index contributed by atoms with van der Waals surface area (Å²) in [5, 5.41) is 0.